The van der Waals surface area contributed by atoms with Gasteiger partial charge in [0, 0.05) is 6.42 Å². The molecular weight excluding hydrogens is 174 g/mol. The SMILES string of the molecule is CCCC(CC)CNCCCC(C)=O. The topological polar surface area (TPSA) is 29.1 Å². The highest BCUT2D eigenvalue weighted by Crippen LogP contribution is 2.08. The van der Waals surface area contributed by atoms with E-state index in [0.717, 1.165) is 31.8 Å². The maximum absolute atomic E-state index is 10.7. The van der Waals surface area contributed by atoms with Gasteiger partial charge in [0.1, 0.15) is 5.78 Å². The Kier molecular flexibility index (Phi) is 8.95. The van der Waals surface area contributed by atoms with E-state index in [1.165, 1.54) is 19.3 Å². The quantitative estimate of drug-likeness (QED) is 0.579. The van der Waals surface area contributed by atoms with E-state index in [9.17, 15) is 4.79 Å². The molecule has 0 heterocycles. The largest absolute Gasteiger partial charge is 0.316 e. The fourth-order valence-corrected chi connectivity index (χ4v) is 1.63. The summed E-state index contributed by atoms with van der Waals surface area (Å²) in [6.45, 7) is 8.24. The summed E-state index contributed by atoms with van der Waals surface area (Å²) in [5, 5.41) is 3.42. The molecule has 0 aromatic heterocycles. The molecule has 1 atom stereocenters. The van der Waals surface area contributed by atoms with E-state index in [1.807, 2.05) is 0 Å². The molecule has 0 bridgehead atoms. The maximum atomic E-state index is 10.7. The summed E-state index contributed by atoms with van der Waals surface area (Å²) < 4.78 is 0. The van der Waals surface area contributed by atoms with Crippen molar-refractivity contribution in [2.45, 2.75) is 52.9 Å². The van der Waals surface area contributed by atoms with Gasteiger partial charge in [0.05, 0.1) is 0 Å². The molecule has 1 unspecified atom stereocenters. The Hall–Kier alpha value is -0.370. The minimum Gasteiger partial charge on any atom is -0.316 e. The molecule has 1 N–H and O–H groups in total. The zero-order chi connectivity index (χ0) is 10.8. The molecule has 0 saturated carbocycles. The van der Waals surface area contributed by atoms with Crippen molar-refractivity contribution in [1.29, 1.82) is 0 Å². The van der Waals surface area contributed by atoms with E-state index in [0.29, 0.717) is 5.78 Å². The lowest BCUT2D eigenvalue weighted by Crippen LogP contribution is -2.23. The molecule has 0 radical (unpaired) electrons. The van der Waals surface area contributed by atoms with Crippen LogP contribution in [0.1, 0.15) is 52.9 Å². The van der Waals surface area contributed by atoms with Gasteiger partial charge < -0.3 is 10.1 Å². The number of hydrogen-bond donors (Lipinski definition) is 1. The second-order valence-electron chi connectivity index (χ2n) is 4.07. The predicted octanol–water partition coefficient (Wildman–Crippen LogP) is 2.77. The first-order valence-corrected chi connectivity index (χ1v) is 5.90. The van der Waals surface area contributed by atoms with Crippen LogP contribution in [-0.4, -0.2) is 18.9 Å². The van der Waals surface area contributed by atoms with Crippen molar-refractivity contribution in [3.8, 4) is 0 Å². The van der Waals surface area contributed by atoms with Gasteiger partial charge in [-0.05, 0) is 38.8 Å². The lowest BCUT2D eigenvalue weighted by atomic mass is 10.0. The van der Waals surface area contributed by atoms with Gasteiger partial charge in [-0.15, -0.1) is 0 Å². The summed E-state index contributed by atoms with van der Waals surface area (Å²) in [7, 11) is 0. The number of rotatable bonds is 9. The Morgan fingerprint density at radius 3 is 2.57 bits per heavy atom. The van der Waals surface area contributed by atoms with Gasteiger partial charge in [0.2, 0.25) is 0 Å². The molecule has 2 heteroatoms. The lowest BCUT2D eigenvalue weighted by molar-refractivity contribution is -0.117. The van der Waals surface area contributed by atoms with E-state index in [1.54, 1.807) is 6.92 Å². The van der Waals surface area contributed by atoms with Crippen LogP contribution in [-0.2, 0) is 4.79 Å². The van der Waals surface area contributed by atoms with Crippen molar-refractivity contribution in [2.75, 3.05) is 13.1 Å². The van der Waals surface area contributed by atoms with Crippen LogP contribution in [0.3, 0.4) is 0 Å². The van der Waals surface area contributed by atoms with Crippen LogP contribution in [0.4, 0.5) is 0 Å². The Morgan fingerprint density at radius 1 is 1.36 bits per heavy atom. The number of nitrogens with one attached hydrogen (secondary N) is 1. The first-order valence-electron chi connectivity index (χ1n) is 5.90. The smallest absolute Gasteiger partial charge is 0.129 e. The summed E-state index contributed by atoms with van der Waals surface area (Å²) in [6, 6.07) is 0. The summed E-state index contributed by atoms with van der Waals surface area (Å²) in [6.07, 6.45) is 5.55. The monoisotopic (exact) mass is 199 g/mol. The minimum atomic E-state index is 0.299. The number of ketones is 1. The molecule has 0 rings (SSSR count). The molecule has 0 aliphatic heterocycles. The molecule has 84 valence electrons. The zero-order valence-corrected chi connectivity index (χ0v) is 9.94. The van der Waals surface area contributed by atoms with Gasteiger partial charge in [-0.25, -0.2) is 0 Å². The summed E-state index contributed by atoms with van der Waals surface area (Å²) >= 11 is 0. The van der Waals surface area contributed by atoms with Crippen molar-refractivity contribution >= 4 is 5.78 Å². The fraction of sp³-hybridized carbons (Fsp3) is 0.917. The van der Waals surface area contributed by atoms with Crippen LogP contribution in [0.15, 0.2) is 0 Å². The second-order valence-corrected chi connectivity index (χ2v) is 4.07. The second kappa shape index (κ2) is 9.20. The Balaban J connectivity index is 3.28. The summed E-state index contributed by atoms with van der Waals surface area (Å²) in [4.78, 5) is 10.7. The van der Waals surface area contributed by atoms with Crippen LogP contribution >= 0.6 is 0 Å². The van der Waals surface area contributed by atoms with Gasteiger partial charge in [0.25, 0.3) is 0 Å². The van der Waals surface area contributed by atoms with Crippen LogP contribution < -0.4 is 5.32 Å². The first kappa shape index (κ1) is 13.6. The Bertz CT molecular complexity index is 145. The number of Topliss-reactive ketones (excluding diaryl/α,β-unsaturated/α-hetero) is 1. The molecule has 0 fully saturated rings. The highest BCUT2D eigenvalue weighted by atomic mass is 16.1. The maximum Gasteiger partial charge on any atom is 0.129 e. The molecule has 0 aromatic rings. The van der Waals surface area contributed by atoms with Crippen molar-refractivity contribution in [2.24, 2.45) is 5.92 Å². The highest BCUT2D eigenvalue weighted by molar-refractivity contribution is 5.75. The van der Waals surface area contributed by atoms with Gasteiger partial charge in [-0.2, -0.15) is 0 Å². The molecule has 0 amide bonds. The van der Waals surface area contributed by atoms with Crippen LogP contribution in [0.2, 0.25) is 0 Å². The summed E-state index contributed by atoms with van der Waals surface area (Å²) in [5.41, 5.74) is 0. The van der Waals surface area contributed by atoms with E-state index >= 15 is 0 Å². The van der Waals surface area contributed by atoms with Crippen LogP contribution in [0.25, 0.3) is 0 Å². The highest BCUT2D eigenvalue weighted by Gasteiger charge is 2.03. The molecule has 14 heavy (non-hydrogen) atoms. The third-order valence-electron chi connectivity index (χ3n) is 2.59. The lowest BCUT2D eigenvalue weighted by Gasteiger charge is -2.14. The van der Waals surface area contributed by atoms with Crippen molar-refractivity contribution < 1.29 is 4.79 Å². The zero-order valence-electron chi connectivity index (χ0n) is 9.94. The van der Waals surface area contributed by atoms with Crippen LogP contribution in [0.5, 0.6) is 0 Å². The van der Waals surface area contributed by atoms with Gasteiger partial charge >= 0.3 is 0 Å². The molecule has 0 aliphatic rings. The van der Waals surface area contributed by atoms with E-state index in [4.69, 9.17) is 0 Å². The van der Waals surface area contributed by atoms with Crippen molar-refractivity contribution in [3.05, 3.63) is 0 Å². The molecule has 0 aromatic carbocycles. The molecular formula is C12H25NO. The summed E-state index contributed by atoms with van der Waals surface area (Å²) in [5.74, 6) is 1.12. The third-order valence-corrected chi connectivity index (χ3v) is 2.59. The molecule has 0 saturated heterocycles. The average Bonchev–Trinajstić information content (AvgIpc) is 2.15. The van der Waals surface area contributed by atoms with E-state index < -0.39 is 0 Å². The number of carbonyl (C=O) groups excluding carboxylic acids is 1. The van der Waals surface area contributed by atoms with Gasteiger partial charge in [-0.3, -0.25) is 0 Å². The van der Waals surface area contributed by atoms with Gasteiger partial charge in [0.15, 0.2) is 0 Å². The van der Waals surface area contributed by atoms with Crippen molar-refractivity contribution in [1.82, 2.24) is 5.32 Å². The van der Waals surface area contributed by atoms with Crippen molar-refractivity contribution in [3.63, 3.8) is 0 Å². The Morgan fingerprint density at radius 2 is 2.07 bits per heavy atom. The standard InChI is InChI=1S/C12H25NO/c1-4-7-12(5-2)10-13-9-6-8-11(3)14/h12-13H,4-10H2,1-3H3. The first-order chi connectivity index (χ1) is 6.70. The van der Waals surface area contributed by atoms with E-state index in [2.05, 4.69) is 19.2 Å². The normalized spacial score (nSPS) is 12.8. The Labute approximate surface area is 88.5 Å². The molecule has 0 aliphatic carbocycles. The van der Waals surface area contributed by atoms with E-state index in [-0.39, 0.29) is 0 Å². The molecule has 0 spiro atoms. The van der Waals surface area contributed by atoms with Gasteiger partial charge in [-0.1, -0.05) is 26.7 Å². The average molecular weight is 199 g/mol. The number of carbonyl (C=O) groups is 1. The van der Waals surface area contributed by atoms with Crippen LogP contribution in [0, 0.1) is 5.92 Å². The number of hydrogen-bond acceptors (Lipinski definition) is 2. The molecule has 2 nitrogen and oxygen atoms in total. The fourth-order valence-electron chi connectivity index (χ4n) is 1.63. The predicted molar refractivity (Wildman–Crippen MR) is 61.5 cm³/mol. The minimum absolute atomic E-state index is 0.299. The third kappa shape index (κ3) is 8.24.